The fourth-order valence-corrected chi connectivity index (χ4v) is 1.59. The van der Waals surface area contributed by atoms with Gasteiger partial charge in [-0.05, 0) is 6.42 Å². The highest BCUT2D eigenvalue weighted by molar-refractivity contribution is 5.75. The molecule has 1 aliphatic carbocycles. The maximum absolute atomic E-state index is 10.8. The van der Waals surface area contributed by atoms with Crippen molar-refractivity contribution in [3.05, 3.63) is 23.3 Å². The summed E-state index contributed by atoms with van der Waals surface area (Å²) >= 11 is 0. The first-order chi connectivity index (χ1) is 7.75. The van der Waals surface area contributed by atoms with Crippen molar-refractivity contribution in [2.75, 3.05) is 13.2 Å². The number of rotatable bonds is 1. The Hall–Kier alpha value is -1.45. The third kappa shape index (κ3) is 3.29. The first-order valence-electron chi connectivity index (χ1n) is 5.72. The maximum atomic E-state index is 10.8. The van der Waals surface area contributed by atoms with E-state index < -0.39 is 0 Å². The standard InChI is InChI=1S/C10H13NO3.C2H6/c1-7(12)11-8-2-3-9-10(6-8)14-5-4-13-9;1-2/h6H,2-5H2,1H3,(H,11,12);1-2H3. The lowest BCUT2D eigenvalue weighted by Crippen LogP contribution is -2.23. The number of amides is 1. The van der Waals surface area contributed by atoms with Gasteiger partial charge in [-0.15, -0.1) is 0 Å². The molecule has 0 fully saturated rings. The lowest BCUT2D eigenvalue weighted by molar-refractivity contribution is -0.118. The van der Waals surface area contributed by atoms with Crippen LogP contribution in [-0.2, 0) is 14.3 Å². The van der Waals surface area contributed by atoms with Crippen LogP contribution in [-0.4, -0.2) is 19.1 Å². The van der Waals surface area contributed by atoms with Crippen LogP contribution in [0.1, 0.15) is 33.6 Å². The molecule has 16 heavy (non-hydrogen) atoms. The van der Waals surface area contributed by atoms with E-state index in [1.165, 1.54) is 6.92 Å². The van der Waals surface area contributed by atoms with E-state index in [0.29, 0.717) is 13.2 Å². The molecule has 0 aromatic carbocycles. The van der Waals surface area contributed by atoms with Gasteiger partial charge in [0.2, 0.25) is 5.91 Å². The number of hydrogen-bond acceptors (Lipinski definition) is 3. The van der Waals surface area contributed by atoms with Crippen LogP contribution in [0, 0.1) is 0 Å². The van der Waals surface area contributed by atoms with Crippen LogP contribution in [0.2, 0.25) is 0 Å². The summed E-state index contributed by atoms with van der Waals surface area (Å²) in [7, 11) is 0. The molecule has 4 heteroatoms. The van der Waals surface area contributed by atoms with Crippen molar-refractivity contribution in [2.45, 2.75) is 33.6 Å². The Morgan fingerprint density at radius 2 is 1.94 bits per heavy atom. The summed E-state index contributed by atoms with van der Waals surface area (Å²) in [6.07, 6.45) is 3.46. The van der Waals surface area contributed by atoms with Crippen molar-refractivity contribution in [1.29, 1.82) is 0 Å². The topological polar surface area (TPSA) is 47.6 Å². The lowest BCUT2D eigenvalue weighted by atomic mass is 10.1. The van der Waals surface area contributed by atoms with Gasteiger partial charge in [-0.1, -0.05) is 13.8 Å². The van der Waals surface area contributed by atoms with Crippen LogP contribution in [0.25, 0.3) is 0 Å². The molecule has 0 aromatic heterocycles. The van der Waals surface area contributed by atoms with Crippen LogP contribution < -0.4 is 5.32 Å². The van der Waals surface area contributed by atoms with Crippen LogP contribution in [0.3, 0.4) is 0 Å². The number of ether oxygens (including phenoxy) is 2. The first kappa shape index (κ1) is 12.6. The van der Waals surface area contributed by atoms with Crippen molar-refractivity contribution in [1.82, 2.24) is 5.32 Å². The van der Waals surface area contributed by atoms with E-state index in [4.69, 9.17) is 9.47 Å². The van der Waals surface area contributed by atoms with E-state index in [0.717, 1.165) is 30.1 Å². The molecule has 2 aliphatic rings. The van der Waals surface area contributed by atoms with Gasteiger partial charge >= 0.3 is 0 Å². The van der Waals surface area contributed by atoms with E-state index >= 15 is 0 Å². The molecular weight excluding hydrogens is 206 g/mol. The van der Waals surface area contributed by atoms with Crippen molar-refractivity contribution in [3.63, 3.8) is 0 Å². The number of hydrogen-bond donors (Lipinski definition) is 1. The van der Waals surface area contributed by atoms with Crippen molar-refractivity contribution in [2.24, 2.45) is 0 Å². The number of allylic oxidation sites excluding steroid dienone is 3. The molecule has 90 valence electrons. The summed E-state index contributed by atoms with van der Waals surface area (Å²) in [6.45, 7) is 6.72. The second-order valence-corrected chi connectivity index (χ2v) is 3.34. The molecule has 0 unspecified atom stereocenters. The minimum absolute atomic E-state index is 0.0444. The molecule has 0 saturated heterocycles. The van der Waals surface area contributed by atoms with Crippen molar-refractivity contribution in [3.8, 4) is 0 Å². The number of nitrogens with one attached hydrogen (secondary N) is 1. The predicted molar refractivity (Wildman–Crippen MR) is 61.4 cm³/mol. The zero-order valence-corrected chi connectivity index (χ0v) is 10.1. The summed E-state index contributed by atoms with van der Waals surface area (Å²) in [5.74, 6) is 1.63. The van der Waals surface area contributed by atoms with Crippen LogP contribution >= 0.6 is 0 Å². The Labute approximate surface area is 96.3 Å². The normalized spacial score (nSPS) is 18.1. The van der Waals surface area contributed by atoms with E-state index in [2.05, 4.69) is 5.32 Å². The van der Waals surface area contributed by atoms with E-state index in [1.807, 2.05) is 19.9 Å². The fourth-order valence-electron chi connectivity index (χ4n) is 1.59. The Kier molecular flexibility index (Phi) is 4.89. The van der Waals surface area contributed by atoms with E-state index in [1.54, 1.807) is 0 Å². The van der Waals surface area contributed by atoms with Gasteiger partial charge in [-0.25, -0.2) is 0 Å². The van der Waals surface area contributed by atoms with E-state index in [-0.39, 0.29) is 5.91 Å². The van der Waals surface area contributed by atoms with Crippen LogP contribution in [0.15, 0.2) is 23.3 Å². The predicted octanol–water partition coefficient (Wildman–Crippen LogP) is 2.08. The second kappa shape index (κ2) is 6.20. The van der Waals surface area contributed by atoms with Crippen molar-refractivity contribution >= 4 is 5.91 Å². The number of carbonyl (C=O) groups is 1. The largest absolute Gasteiger partial charge is 0.491 e. The number of carbonyl (C=O) groups excluding carboxylic acids is 1. The molecule has 1 amide bonds. The quantitative estimate of drug-likeness (QED) is 0.743. The highest BCUT2D eigenvalue weighted by Gasteiger charge is 2.19. The molecule has 1 N–H and O–H groups in total. The molecule has 0 atom stereocenters. The summed E-state index contributed by atoms with van der Waals surface area (Å²) in [6, 6.07) is 0. The average Bonchev–Trinajstić information content (AvgIpc) is 2.31. The molecule has 0 saturated carbocycles. The average molecular weight is 225 g/mol. The summed E-state index contributed by atoms with van der Waals surface area (Å²) < 4.78 is 10.9. The molecule has 0 aromatic rings. The van der Waals surface area contributed by atoms with Crippen LogP contribution in [0.4, 0.5) is 0 Å². The molecule has 4 nitrogen and oxygen atoms in total. The Balaban J connectivity index is 0.000000606. The first-order valence-corrected chi connectivity index (χ1v) is 5.72. The molecule has 2 rings (SSSR count). The third-order valence-corrected chi connectivity index (χ3v) is 2.16. The zero-order valence-electron chi connectivity index (χ0n) is 10.1. The zero-order chi connectivity index (χ0) is 12.0. The van der Waals surface area contributed by atoms with Gasteiger partial charge in [0.05, 0.1) is 0 Å². The van der Waals surface area contributed by atoms with Gasteiger partial charge in [-0.3, -0.25) is 4.79 Å². The SMILES string of the molecule is CC.CC(=O)NC1=CC2=C(CC1)OCCO2. The molecule has 0 spiro atoms. The third-order valence-electron chi connectivity index (χ3n) is 2.16. The minimum atomic E-state index is -0.0444. The summed E-state index contributed by atoms with van der Waals surface area (Å²) in [5.41, 5.74) is 0.904. The molecule has 0 bridgehead atoms. The highest BCUT2D eigenvalue weighted by Crippen LogP contribution is 2.26. The molecule has 0 radical (unpaired) electrons. The second-order valence-electron chi connectivity index (χ2n) is 3.34. The van der Waals surface area contributed by atoms with Gasteiger partial charge in [0.15, 0.2) is 5.76 Å². The maximum Gasteiger partial charge on any atom is 0.220 e. The lowest BCUT2D eigenvalue weighted by Gasteiger charge is -2.24. The van der Waals surface area contributed by atoms with Gasteiger partial charge in [0, 0.05) is 25.1 Å². The minimum Gasteiger partial charge on any atom is -0.491 e. The Morgan fingerprint density at radius 3 is 2.62 bits per heavy atom. The van der Waals surface area contributed by atoms with Gasteiger partial charge in [0.25, 0.3) is 0 Å². The van der Waals surface area contributed by atoms with E-state index in [9.17, 15) is 4.79 Å². The molecule has 1 aliphatic heterocycles. The fraction of sp³-hybridized carbons (Fsp3) is 0.583. The smallest absolute Gasteiger partial charge is 0.220 e. The van der Waals surface area contributed by atoms with Gasteiger partial charge in [-0.2, -0.15) is 0 Å². The van der Waals surface area contributed by atoms with Crippen LogP contribution in [0.5, 0.6) is 0 Å². The highest BCUT2D eigenvalue weighted by atomic mass is 16.6. The van der Waals surface area contributed by atoms with Gasteiger partial charge < -0.3 is 14.8 Å². The summed E-state index contributed by atoms with van der Waals surface area (Å²) in [5, 5.41) is 2.77. The molecular formula is C12H19NO3. The monoisotopic (exact) mass is 225 g/mol. The summed E-state index contributed by atoms with van der Waals surface area (Å²) in [4.78, 5) is 10.8. The Morgan fingerprint density at radius 1 is 1.25 bits per heavy atom. The van der Waals surface area contributed by atoms with Gasteiger partial charge in [0.1, 0.15) is 19.0 Å². The van der Waals surface area contributed by atoms with Crippen molar-refractivity contribution < 1.29 is 14.3 Å². The Bertz CT molecular complexity index is 318. The molecule has 1 heterocycles.